The van der Waals surface area contributed by atoms with Crippen molar-refractivity contribution in [3.63, 3.8) is 0 Å². The summed E-state index contributed by atoms with van der Waals surface area (Å²) in [4.78, 5) is 29.4. The molecule has 0 unspecified atom stereocenters. The van der Waals surface area contributed by atoms with Crippen molar-refractivity contribution in [2.45, 2.75) is 27.3 Å². The minimum Gasteiger partial charge on any atom is -0.483 e. The number of hydrogen-bond donors (Lipinski definition) is 0. The Balaban J connectivity index is 1.42. The molecule has 1 amide bonds. The quantitative estimate of drug-likeness (QED) is 0.636. The number of amides is 1. The zero-order valence-corrected chi connectivity index (χ0v) is 18.4. The third-order valence-electron chi connectivity index (χ3n) is 5.99. The number of piperazine rings is 1. The van der Waals surface area contributed by atoms with Crippen LogP contribution in [0.4, 0.5) is 5.69 Å². The van der Waals surface area contributed by atoms with Crippen LogP contribution in [0.25, 0.3) is 10.9 Å². The first-order valence-corrected chi connectivity index (χ1v) is 10.8. The lowest BCUT2D eigenvalue weighted by Crippen LogP contribution is -2.50. The fraction of sp³-hybridized carbons (Fsp3) is 0.360. The monoisotopic (exact) mass is 419 g/mol. The largest absolute Gasteiger partial charge is 0.483 e. The van der Waals surface area contributed by atoms with Gasteiger partial charge in [-0.25, -0.2) is 0 Å². The minimum absolute atomic E-state index is 0.0515. The van der Waals surface area contributed by atoms with Crippen molar-refractivity contribution in [3.05, 3.63) is 70.0 Å². The van der Waals surface area contributed by atoms with Gasteiger partial charge >= 0.3 is 0 Å². The number of carbonyl (C=O) groups is 1. The van der Waals surface area contributed by atoms with Crippen molar-refractivity contribution in [1.82, 2.24) is 9.47 Å². The number of nitrogens with zero attached hydrogens (tertiary/aromatic N) is 3. The van der Waals surface area contributed by atoms with Crippen LogP contribution in [0.2, 0.25) is 0 Å². The van der Waals surface area contributed by atoms with Crippen LogP contribution in [0.5, 0.6) is 5.75 Å². The van der Waals surface area contributed by atoms with E-state index in [2.05, 4.69) is 36.9 Å². The van der Waals surface area contributed by atoms with Crippen LogP contribution in [-0.4, -0.2) is 48.2 Å². The molecule has 1 saturated heterocycles. The number of fused-ring (bicyclic) bond motifs is 1. The van der Waals surface area contributed by atoms with E-state index in [1.807, 2.05) is 36.1 Å². The highest BCUT2D eigenvalue weighted by molar-refractivity contribution is 5.86. The molecule has 162 valence electrons. The lowest BCUT2D eigenvalue weighted by atomic mass is 10.1. The van der Waals surface area contributed by atoms with Crippen LogP contribution < -0.4 is 15.2 Å². The zero-order chi connectivity index (χ0) is 22.0. The van der Waals surface area contributed by atoms with Gasteiger partial charge in [0.05, 0.1) is 5.52 Å². The Bertz CT molecular complexity index is 1160. The van der Waals surface area contributed by atoms with E-state index >= 15 is 0 Å². The average Bonchev–Trinajstić information content (AvgIpc) is 2.79. The highest BCUT2D eigenvalue weighted by atomic mass is 16.5. The molecule has 2 aromatic carbocycles. The predicted molar refractivity (Wildman–Crippen MR) is 124 cm³/mol. The van der Waals surface area contributed by atoms with Crippen LogP contribution in [0.1, 0.15) is 18.1 Å². The fourth-order valence-electron chi connectivity index (χ4n) is 4.24. The van der Waals surface area contributed by atoms with Crippen LogP contribution in [0, 0.1) is 13.8 Å². The lowest BCUT2D eigenvalue weighted by Gasteiger charge is -2.37. The van der Waals surface area contributed by atoms with Crippen molar-refractivity contribution in [3.8, 4) is 5.75 Å². The van der Waals surface area contributed by atoms with E-state index in [1.165, 1.54) is 22.9 Å². The molecule has 4 rings (SSSR count). The molecule has 1 aromatic heterocycles. The molecule has 6 heteroatoms. The van der Waals surface area contributed by atoms with Crippen molar-refractivity contribution >= 4 is 22.5 Å². The van der Waals surface area contributed by atoms with Crippen molar-refractivity contribution in [2.24, 2.45) is 0 Å². The first-order valence-electron chi connectivity index (χ1n) is 10.8. The van der Waals surface area contributed by atoms with E-state index in [-0.39, 0.29) is 18.1 Å². The molecule has 1 aliphatic rings. The SMILES string of the molecule is CCn1c(=O)cc(OCC(=O)N2CCN(c3cc(C)ccc3C)CC2)c2ccccc21. The third-order valence-corrected chi connectivity index (χ3v) is 5.99. The second-order valence-corrected chi connectivity index (χ2v) is 8.05. The smallest absolute Gasteiger partial charge is 0.260 e. The van der Waals surface area contributed by atoms with E-state index < -0.39 is 0 Å². The summed E-state index contributed by atoms with van der Waals surface area (Å²) in [7, 11) is 0. The predicted octanol–water partition coefficient (Wildman–Crippen LogP) is 3.37. The van der Waals surface area contributed by atoms with Gasteiger partial charge in [0.25, 0.3) is 11.5 Å². The molecule has 0 radical (unpaired) electrons. The van der Waals surface area contributed by atoms with Crippen LogP contribution in [-0.2, 0) is 11.3 Å². The van der Waals surface area contributed by atoms with Crippen molar-refractivity contribution < 1.29 is 9.53 Å². The maximum absolute atomic E-state index is 12.8. The van der Waals surface area contributed by atoms with Crippen LogP contribution in [0.15, 0.2) is 53.3 Å². The van der Waals surface area contributed by atoms with Gasteiger partial charge in [0.1, 0.15) is 5.75 Å². The summed E-state index contributed by atoms with van der Waals surface area (Å²) in [5.41, 5.74) is 4.44. The first kappa shape index (κ1) is 21.0. The number of carbonyl (C=O) groups excluding carboxylic acids is 1. The van der Waals surface area contributed by atoms with Gasteiger partial charge in [0.2, 0.25) is 0 Å². The van der Waals surface area contributed by atoms with Gasteiger partial charge in [-0.15, -0.1) is 0 Å². The molecule has 0 spiro atoms. The molecule has 1 fully saturated rings. The Morgan fingerprint density at radius 1 is 1.00 bits per heavy atom. The average molecular weight is 420 g/mol. The Labute approximate surface area is 182 Å². The van der Waals surface area contributed by atoms with Gasteiger partial charge in [-0.2, -0.15) is 0 Å². The fourth-order valence-corrected chi connectivity index (χ4v) is 4.24. The van der Waals surface area contributed by atoms with Gasteiger partial charge in [-0.3, -0.25) is 9.59 Å². The second kappa shape index (κ2) is 8.84. The number of ether oxygens (including phenoxy) is 1. The Kier molecular flexibility index (Phi) is 5.98. The van der Waals surface area contributed by atoms with Gasteiger partial charge in [-0.1, -0.05) is 24.3 Å². The van der Waals surface area contributed by atoms with Gasteiger partial charge in [0, 0.05) is 49.9 Å². The molecule has 0 atom stereocenters. The Hall–Kier alpha value is -3.28. The number of rotatable bonds is 5. The standard InChI is InChI=1S/C25H29N3O3/c1-4-28-21-8-6-5-7-20(21)23(16-24(28)29)31-17-25(30)27-13-11-26(12-14-27)22-15-18(2)9-10-19(22)3/h5-10,15-16H,4,11-14,17H2,1-3H3. The van der Waals surface area contributed by atoms with Gasteiger partial charge < -0.3 is 19.1 Å². The number of aromatic nitrogens is 1. The molecule has 6 nitrogen and oxygen atoms in total. The van der Waals surface area contributed by atoms with E-state index in [9.17, 15) is 9.59 Å². The Morgan fingerprint density at radius 2 is 1.74 bits per heavy atom. The molecule has 0 N–H and O–H groups in total. The van der Waals surface area contributed by atoms with Crippen molar-refractivity contribution in [2.75, 3.05) is 37.7 Å². The second-order valence-electron chi connectivity index (χ2n) is 8.05. The molecule has 0 saturated carbocycles. The molecule has 1 aliphatic heterocycles. The molecular formula is C25H29N3O3. The van der Waals surface area contributed by atoms with Gasteiger partial charge in [-0.05, 0) is 50.1 Å². The summed E-state index contributed by atoms with van der Waals surface area (Å²) in [6.07, 6.45) is 0. The van der Waals surface area contributed by atoms with Crippen molar-refractivity contribution in [1.29, 1.82) is 0 Å². The molecule has 3 aromatic rings. The normalized spacial score (nSPS) is 14.2. The number of aryl methyl sites for hydroxylation is 3. The van der Waals surface area contributed by atoms with E-state index in [1.54, 1.807) is 4.57 Å². The first-order chi connectivity index (χ1) is 15.0. The summed E-state index contributed by atoms with van der Waals surface area (Å²) in [6.45, 7) is 9.60. The number of pyridine rings is 1. The zero-order valence-electron chi connectivity index (χ0n) is 18.4. The lowest BCUT2D eigenvalue weighted by molar-refractivity contribution is -0.133. The molecule has 2 heterocycles. The van der Waals surface area contributed by atoms with E-state index in [0.29, 0.717) is 25.4 Å². The summed E-state index contributed by atoms with van der Waals surface area (Å²) >= 11 is 0. The maximum Gasteiger partial charge on any atom is 0.260 e. The van der Waals surface area contributed by atoms with Gasteiger partial charge in [0.15, 0.2) is 6.61 Å². The topological polar surface area (TPSA) is 54.8 Å². The minimum atomic E-state index is -0.120. The maximum atomic E-state index is 12.8. The summed E-state index contributed by atoms with van der Waals surface area (Å²) in [6, 6.07) is 15.6. The van der Waals surface area contributed by atoms with Crippen LogP contribution in [0.3, 0.4) is 0 Å². The highest BCUT2D eigenvalue weighted by Crippen LogP contribution is 2.25. The molecule has 31 heavy (non-hydrogen) atoms. The highest BCUT2D eigenvalue weighted by Gasteiger charge is 2.23. The summed E-state index contributed by atoms with van der Waals surface area (Å²) < 4.78 is 7.55. The molecular weight excluding hydrogens is 390 g/mol. The number of anilines is 1. The van der Waals surface area contributed by atoms with E-state index in [0.717, 1.165) is 24.0 Å². The number of para-hydroxylation sites is 1. The third kappa shape index (κ3) is 4.29. The summed E-state index contributed by atoms with van der Waals surface area (Å²) in [5, 5.41) is 0.844. The van der Waals surface area contributed by atoms with Crippen LogP contribution >= 0.6 is 0 Å². The van der Waals surface area contributed by atoms with E-state index in [4.69, 9.17) is 4.74 Å². The molecule has 0 bridgehead atoms. The molecule has 0 aliphatic carbocycles. The number of benzene rings is 2. The number of hydrogen-bond acceptors (Lipinski definition) is 4. The summed E-state index contributed by atoms with van der Waals surface area (Å²) in [5.74, 6) is 0.414. The Morgan fingerprint density at radius 3 is 2.48 bits per heavy atom.